The van der Waals surface area contributed by atoms with E-state index in [-0.39, 0.29) is 34.2 Å². The highest BCUT2D eigenvalue weighted by molar-refractivity contribution is 7.93. The van der Waals surface area contributed by atoms with E-state index in [9.17, 15) is 22.8 Å². The number of hydrogen-bond acceptors (Lipinski definition) is 9. The van der Waals surface area contributed by atoms with Crippen LogP contribution in [0.5, 0.6) is 11.5 Å². The molecular formula is C29H30N2O8S. The Morgan fingerprint density at radius 1 is 0.900 bits per heavy atom. The molecule has 1 fully saturated rings. The van der Waals surface area contributed by atoms with Crippen molar-refractivity contribution in [2.75, 3.05) is 33.2 Å². The van der Waals surface area contributed by atoms with Crippen LogP contribution in [0.2, 0.25) is 0 Å². The number of benzene rings is 3. The zero-order chi connectivity index (χ0) is 28.9. The Labute approximate surface area is 232 Å². The van der Waals surface area contributed by atoms with Gasteiger partial charge in [0, 0.05) is 29.4 Å². The van der Waals surface area contributed by atoms with Gasteiger partial charge in [-0.15, -0.1) is 0 Å². The summed E-state index contributed by atoms with van der Waals surface area (Å²) in [6, 6.07) is 17.9. The number of esters is 1. The van der Waals surface area contributed by atoms with Gasteiger partial charge in [0.1, 0.15) is 6.04 Å². The second-order valence-electron chi connectivity index (χ2n) is 9.04. The summed E-state index contributed by atoms with van der Waals surface area (Å²) in [5.74, 6) is -1.37. The molecule has 0 saturated carbocycles. The summed E-state index contributed by atoms with van der Waals surface area (Å²) >= 11 is 0. The first kappa shape index (κ1) is 28.6. The molecule has 1 unspecified atom stereocenters. The monoisotopic (exact) mass is 566 g/mol. The predicted molar refractivity (Wildman–Crippen MR) is 147 cm³/mol. The fourth-order valence-electron chi connectivity index (χ4n) is 4.66. The van der Waals surface area contributed by atoms with Gasteiger partial charge in [0.15, 0.2) is 17.3 Å². The maximum Gasteiger partial charge on any atom is 0.328 e. The SMILES string of the molecule is COC(=O)[C@H]1CCCN1C(=O)C(Nc1ccccc1C(=O)c1ccccc1)S(=O)(=O)c1ccc(OC)c(OC)c1. The zero-order valence-corrected chi connectivity index (χ0v) is 23.1. The molecule has 1 N–H and O–H groups in total. The van der Waals surface area contributed by atoms with Crippen molar-refractivity contribution in [2.24, 2.45) is 0 Å². The fourth-order valence-corrected chi connectivity index (χ4v) is 6.14. The van der Waals surface area contributed by atoms with Crippen molar-refractivity contribution in [1.82, 2.24) is 4.90 Å². The van der Waals surface area contributed by atoms with Crippen LogP contribution < -0.4 is 14.8 Å². The fraction of sp³-hybridized carbons (Fsp3) is 0.276. The molecule has 1 amide bonds. The van der Waals surface area contributed by atoms with Crippen molar-refractivity contribution in [3.63, 3.8) is 0 Å². The number of nitrogens with one attached hydrogen (secondary N) is 1. The summed E-state index contributed by atoms with van der Waals surface area (Å²) in [6.07, 6.45) is 0.836. The topological polar surface area (TPSA) is 128 Å². The smallest absolute Gasteiger partial charge is 0.328 e. The van der Waals surface area contributed by atoms with Gasteiger partial charge in [0.2, 0.25) is 15.2 Å². The molecule has 0 bridgehead atoms. The molecule has 0 aromatic heterocycles. The highest BCUT2D eigenvalue weighted by Crippen LogP contribution is 2.33. The first-order chi connectivity index (χ1) is 19.2. The lowest BCUT2D eigenvalue weighted by molar-refractivity contribution is -0.150. The first-order valence-electron chi connectivity index (χ1n) is 12.5. The van der Waals surface area contributed by atoms with Crippen LogP contribution in [0.1, 0.15) is 28.8 Å². The molecule has 1 saturated heterocycles. The molecule has 0 spiro atoms. The molecule has 1 heterocycles. The lowest BCUT2D eigenvalue weighted by Crippen LogP contribution is -2.51. The van der Waals surface area contributed by atoms with Crippen molar-refractivity contribution in [2.45, 2.75) is 29.2 Å². The number of hydrogen-bond donors (Lipinski definition) is 1. The molecule has 210 valence electrons. The lowest BCUT2D eigenvalue weighted by atomic mass is 10.0. The molecular weight excluding hydrogens is 536 g/mol. The number of carbonyl (C=O) groups is 3. The molecule has 40 heavy (non-hydrogen) atoms. The van der Waals surface area contributed by atoms with Gasteiger partial charge in [-0.3, -0.25) is 9.59 Å². The van der Waals surface area contributed by atoms with Gasteiger partial charge in [-0.1, -0.05) is 42.5 Å². The van der Waals surface area contributed by atoms with Gasteiger partial charge < -0.3 is 24.4 Å². The Kier molecular flexibility index (Phi) is 8.73. The molecule has 1 aliphatic heterocycles. The van der Waals surface area contributed by atoms with E-state index in [0.717, 1.165) is 0 Å². The summed E-state index contributed by atoms with van der Waals surface area (Å²) < 4.78 is 43.6. The van der Waals surface area contributed by atoms with Gasteiger partial charge in [-0.25, -0.2) is 13.2 Å². The van der Waals surface area contributed by atoms with E-state index in [2.05, 4.69) is 5.32 Å². The molecule has 4 rings (SSSR count). The number of para-hydroxylation sites is 1. The normalized spacial score (nSPS) is 15.7. The minimum absolute atomic E-state index is 0.146. The van der Waals surface area contributed by atoms with E-state index >= 15 is 0 Å². The third-order valence-electron chi connectivity index (χ3n) is 6.72. The second kappa shape index (κ2) is 12.2. The number of methoxy groups -OCH3 is 3. The number of carbonyl (C=O) groups excluding carboxylic acids is 3. The van der Waals surface area contributed by atoms with Crippen LogP contribution in [0, 0.1) is 0 Å². The summed E-state index contributed by atoms with van der Waals surface area (Å²) in [5, 5.41) is 0.959. The van der Waals surface area contributed by atoms with Gasteiger partial charge in [0.05, 0.1) is 26.2 Å². The van der Waals surface area contributed by atoms with Crippen molar-refractivity contribution in [1.29, 1.82) is 0 Å². The average Bonchev–Trinajstić information content (AvgIpc) is 3.49. The number of ether oxygens (including phenoxy) is 3. The second-order valence-corrected chi connectivity index (χ2v) is 11.1. The summed E-state index contributed by atoms with van der Waals surface area (Å²) in [5.41, 5.74) is 0.722. The quantitative estimate of drug-likeness (QED) is 0.290. The Bertz CT molecular complexity index is 1510. The van der Waals surface area contributed by atoms with Crippen LogP contribution in [0.25, 0.3) is 0 Å². The molecule has 1 aliphatic rings. The molecule has 3 aromatic rings. The molecule has 2 atom stereocenters. The van der Waals surface area contributed by atoms with Gasteiger partial charge in [-0.2, -0.15) is 0 Å². The molecule has 3 aromatic carbocycles. The molecule has 0 radical (unpaired) electrons. The van der Waals surface area contributed by atoms with E-state index < -0.39 is 33.1 Å². The summed E-state index contributed by atoms with van der Waals surface area (Å²) in [4.78, 5) is 40.7. The van der Waals surface area contributed by atoms with Crippen molar-refractivity contribution < 1.29 is 37.0 Å². The Balaban J connectivity index is 1.81. The number of anilines is 1. The van der Waals surface area contributed by atoms with Gasteiger partial charge in [-0.05, 0) is 37.1 Å². The standard InChI is InChI=1S/C29H30N2O8S/c1-37-24-16-15-20(18-25(24)38-2)40(35,36)27(28(33)31-17-9-14-23(31)29(34)39-3)30-22-13-8-7-12-21(22)26(32)19-10-5-4-6-11-19/h4-8,10-13,15-16,18,23,27,30H,9,14,17H2,1-3H3/t23-,27?/m1/s1. The zero-order valence-electron chi connectivity index (χ0n) is 22.3. The summed E-state index contributed by atoms with van der Waals surface area (Å²) in [6.45, 7) is 0.169. The maximum absolute atomic E-state index is 14.1. The minimum Gasteiger partial charge on any atom is -0.493 e. The van der Waals surface area contributed by atoms with Crippen LogP contribution in [0.3, 0.4) is 0 Å². The molecule has 10 nitrogen and oxygen atoms in total. The Morgan fingerprint density at radius 2 is 1.57 bits per heavy atom. The number of sulfone groups is 1. The van der Waals surface area contributed by atoms with Crippen LogP contribution in [-0.4, -0.2) is 70.3 Å². The van der Waals surface area contributed by atoms with Crippen LogP contribution in [-0.2, 0) is 24.2 Å². The highest BCUT2D eigenvalue weighted by Gasteiger charge is 2.44. The van der Waals surface area contributed by atoms with Gasteiger partial charge in [0.25, 0.3) is 5.91 Å². The molecule has 0 aliphatic carbocycles. The van der Waals surface area contributed by atoms with E-state index in [0.29, 0.717) is 24.2 Å². The third-order valence-corrected chi connectivity index (χ3v) is 8.57. The van der Waals surface area contributed by atoms with Crippen LogP contribution >= 0.6 is 0 Å². The van der Waals surface area contributed by atoms with Crippen molar-refractivity contribution in [3.8, 4) is 11.5 Å². The number of amides is 1. The number of rotatable bonds is 10. The lowest BCUT2D eigenvalue weighted by Gasteiger charge is -2.29. The first-order valence-corrected chi connectivity index (χ1v) is 14.1. The van der Waals surface area contributed by atoms with Crippen LogP contribution in [0.4, 0.5) is 5.69 Å². The summed E-state index contributed by atoms with van der Waals surface area (Å²) in [7, 11) is -0.460. The van der Waals surface area contributed by atoms with E-state index in [1.807, 2.05) is 0 Å². The predicted octanol–water partition coefficient (Wildman–Crippen LogP) is 3.31. The number of likely N-dealkylation sites (tertiary alicyclic amines) is 1. The van der Waals surface area contributed by atoms with E-state index in [1.165, 1.54) is 50.5 Å². The largest absolute Gasteiger partial charge is 0.493 e. The minimum atomic E-state index is -4.46. The van der Waals surface area contributed by atoms with Crippen molar-refractivity contribution >= 4 is 33.2 Å². The molecule has 11 heteroatoms. The maximum atomic E-state index is 14.1. The average molecular weight is 567 g/mol. The Hall–Kier alpha value is -4.38. The highest BCUT2D eigenvalue weighted by atomic mass is 32.2. The Morgan fingerprint density at radius 3 is 2.25 bits per heavy atom. The number of nitrogens with zero attached hydrogens (tertiary/aromatic N) is 1. The third kappa shape index (κ3) is 5.64. The van der Waals surface area contributed by atoms with E-state index in [1.54, 1.807) is 48.5 Å². The number of ketones is 1. The van der Waals surface area contributed by atoms with Crippen LogP contribution in [0.15, 0.2) is 77.7 Å². The van der Waals surface area contributed by atoms with Gasteiger partial charge >= 0.3 is 5.97 Å². The van der Waals surface area contributed by atoms with E-state index in [4.69, 9.17) is 14.2 Å². The van der Waals surface area contributed by atoms with Crippen molar-refractivity contribution in [3.05, 3.63) is 83.9 Å².